The predicted octanol–water partition coefficient (Wildman–Crippen LogP) is 2.76. The van der Waals surface area contributed by atoms with Gasteiger partial charge in [0.2, 0.25) is 5.91 Å². The van der Waals surface area contributed by atoms with Crippen LogP contribution >= 0.6 is 22.9 Å². The van der Waals surface area contributed by atoms with Crippen molar-refractivity contribution < 1.29 is 18.7 Å². The maximum atomic E-state index is 13.8. The van der Waals surface area contributed by atoms with Crippen molar-refractivity contribution in [3.63, 3.8) is 0 Å². The molecule has 2 unspecified atom stereocenters. The molecule has 1 aromatic heterocycles. The number of ether oxygens (including phenoxy) is 1. The molecule has 34 heavy (non-hydrogen) atoms. The number of likely N-dealkylation sites (tertiary alicyclic amines) is 2. The van der Waals surface area contributed by atoms with E-state index in [4.69, 9.17) is 21.3 Å². The Kier molecular flexibility index (Phi) is 6.13. The number of carbonyl (C=O) groups is 2. The number of aliphatic imine (C=N–C) groups is 1. The van der Waals surface area contributed by atoms with Crippen molar-refractivity contribution in [3.8, 4) is 0 Å². The molecule has 178 valence electrons. The Hall–Kier alpha value is -2.82. The number of halogens is 2. The lowest BCUT2D eigenvalue weighted by atomic mass is 9.95. The summed E-state index contributed by atoms with van der Waals surface area (Å²) in [5, 5.41) is 5.99. The first kappa shape index (κ1) is 22.9. The number of amides is 1. The van der Waals surface area contributed by atoms with Crippen molar-refractivity contribution >= 4 is 40.6 Å². The second-order valence-electron chi connectivity index (χ2n) is 8.54. The smallest absolute Gasteiger partial charge is 0.338 e. The molecule has 3 atom stereocenters. The average molecular weight is 504 g/mol. The maximum absolute atomic E-state index is 13.8. The number of carbonyl (C=O) groups excluding carboxylic acids is 2. The highest BCUT2D eigenvalue weighted by atomic mass is 35.5. The molecule has 1 aromatic carbocycles. The fraction of sp³-hybridized carbons (Fsp3) is 0.391. The molecule has 11 heteroatoms. The Morgan fingerprint density at radius 3 is 2.76 bits per heavy atom. The number of amidine groups is 1. The number of piperazine rings is 1. The monoisotopic (exact) mass is 503 g/mol. The van der Waals surface area contributed by atoms with E-state index in [0.717, 1.165) is 13.0 Å². The van der Waals surface area contributed by atoms with Gasteiger partial charge < -0.3 is 15.0 Å². The molecule has 0 saturated carbocycles. The van der Waals surface area contributed by atoms with Gasteiger partial charge in [0.1, 0.15) is 11.9 Å². The summed E-state index contributed by atoms with van der Waals surface area (Å²) < 4.78 is 18.9. The number of hydrogen-bond donors (Lipinski definition) is 1. The average Bonchev–Trinajstić information content (AvgIpc) is 3.56. The molecular weight excluding hydrogens is 481 g/mol. The van der Waals surface area contributed by atoms with Crippen LogP contribution in [-0.4, -0.2) is 71.3 Å². The van der Waals surface area contributed by atoms with Crippen LogP contribution in [0, 0.1) is 5.82 Å². The van der Waals surface area contributed by atoms with Crippen molar-refractivity contribution in [1.82, 2.24) is 20.1 Å². The van der Waals surface area contributed by atoms with Crippen molar-refractivity contribution in [1.29, 1.82) is 0 Å². The van der Waals surface area contributed by atoms with Gasteiger partial charge in [-0.25, -0.2) is 14.2 Å². The number of benzene rings is 1. The quantitative estimate of drug-likeness (QED) is 0.631. The molecule has 0 spiro atoms. The fourth-order valence-corrected chi connectivity index (χ4v) is 5.86. The third kappa shape index (κ3) is 4.10. The van der Waals surface area contributed by atoms with E-state index >= 15 is 0 Å². The maximum Gasteiger partial charge on any atom is 0.338 e. The SMILES string of the molecule is COC(=O)C1=C(CN2CC3CC2CN3C(C)=O)NC(c2nccs2)=N[C@H]1c1ccc(F)cc1Cl. The van der Waals surface area contributed by atoms with Crippen molar-refractivity contribution in [3.05, 3.63) is 62.5 Å². The number of rotatable bonds is 5. The van der Waals surface area contributed by atoms with Crippen LogP contribution in [0.1, 0.15) is 30.0 Å². The summed E-state index contributed by atoms with van der Waals surface area (Å²) in [6, 6.07) is 3.64. The molecular formula is C23H23ClFN5O3S. The molecule has 4 heterocycles. The van der Waals surface area contributed by atoms with E-state index in [1.54, 1.807) is 19.2 Å². The molecule has 0 aliphatic carbocycles. The van der Waals surface area contributed by atoms with Gasteiger partial charge in [-0.3, -0.25) is 14.7 Å². The molecule has 2 aromatic rings. The lowest BCUT2D eigenvalue weighted by Gasteiger charge is -2.36. The van der Waals surface area contributed by atoms with Crippen molar-refractivity contribution in [2.75, 3.05) is 26.7 Å². The first-order valence-electron chi connectivity index (χ1n) is 10.9. The molecule has 1 N–H and O–H groups in total. The van der Waals surface area contributed by atoms with Crippen LogP contribution in [0.5, 0.6) is 0 Å². The highest BCUT2D eigenvalue weighted by Crippen LogP contribution is 2.38. The summed E-state index contributed by atoms with van der Waals surface area (Å²) in [5.74, 6) is -0.414. The third-order valence-corrected chi connectivity index (χ3v) is 7.65. The van der Waals surface area contributed by atoms with E-state index in [1.807, 2.05) is 10.3 Å². The zero-order valence-electron chi connectivity index (χ0n) is 18.6. The third-order valence-electron chi connectivity index (χ3n) is 6.54. The minimum Gasteiger partial charge on any atom is -0.466 e. The van der Waals surface area contributed by atoms with Gasteiger partial charge in [0.05, 0.1) is 12.7 Å². The first-order chi connectivity index (χ1) is 16.4. The lowest BCUT2D eigenvalue weighted by Crippen LogP contribution is -2.50. The normalized spacial score (nSPS) is 24.3. The minimum atomic E-state index is -0.788. The Balaban J connectivity index is 1.55. The molecule has 5 rings (SSSR count). The number of nitrogens with one attached hydrogen (secondary N) is 1. The Labute approximate surface area is 205 Å². The van der Waals surface area contributed by atoms with Crippen LogP contribution in [0.3, 0.4) is 0 Å². The van der Waals surface area contributed by atoms with Gasteiger partial charge >= 0.3 is 5.97 Å². The molecule has 3 aliphatic heterocycles. The molecule has 2 fully saturated rings. The number of esters is 1. The fourth-order valence-electron chi connectivity index (χ4n) is 5.00. The molecule has 2 saturated heterocycles. The van der Waals surface area contributed by atoms with Crippen molar-refractivity contribution in [2.24, 2.45) is 4.99 Å². The Morgan fingerprint density at radius 1 is 1.32 bits per heavy atom. The van der Waals surface area contributed by atoms with Gasteiger partial charge in [0.15, 0.2) is 10.8 Å². The largest absolute Gasteiger partial charge is 0.466 e. The van der Waals surface area contributed by atoms with Crippen molar-refractivity contribution in [2.45, 2.75) is 31.5 Å². The van der Waals surface area contributed by atoms with Crippen LogP contribution in [0.2, 0.25) is 5.02 Å². The summed E-state index contributed by atoms with van der Waals surface area (Å²) in [6.07, 6.45) is 2.58. The number of nitrogens with zero attached hydrogens (tertiary/aromatic N) is 4. The molecule has 0 radical (unpaired) electrons. The number of aromatic nitrogens is 1. The minimum absolute atomic E-state index is 0.0848. The molecule has 1 amide bonds. The van der Waals surface area contributed by atoms with Gasteiger partial charge in [-0.1, -0.05) is 17.7 Å². The Bertz CT molecular complexity index is 1200. The Morgan fingerprint density at radius 2 is 2.15 bits per heavy atom. The van der Waals surface area contributed by atoms with E-state index < -0.39 is 17.8 Å². The standard InChI is InChI=1S/C23H23ClFN5O3S/c1-12(31)30-10-14-8-15(30)9-29(14)11-18-19(23(32)33-2)20(16-4-3-13(25)7-17(16)24)28-21(27-18)22-26-5-6-34-22/h3-7,14-15,20H,8-11H2,1-2H3,(H,27,28)/t14?,15?,20-/m0/s1. The summed E-state index contributed by atoms with van der Waals surface area (Å²) in [6.45, 7) is 3.42. The number of thiazole rings is 1. The zero-order valence-corrected chi connectivity index (χ0v) is 20.2. The molecule has 8 nitrogen and oxygen atoms in total. The number of methoxy groups -OCH3 is 1. The summed E-state index contributed by atoms with van der Waals surface area (Å²) in [5.41, 5.74) is 1.46. The summed E-state index contributed by atoms with van der Waals surface area (Å²) in [7, 11) is 1.32. The van der Waals surface area contributed by atoms with Crippen LogP contribution < -0.4 is 5.32 Å². The van der Waals surface area contributed by atoms with E-state index in [0.29, 0.717) is 40.8 Å². The van der Waals surface area contributed by atoms with E-state index in [9.17, 15) is 14.0 Å². The first-order valence-corrected chi connectivity index (χ1v) is 12.1. The van der Waals surface area contributed by atoms with E-state index in [2.05, 4.69) is 15.2 Å². The van der Waals surface area contributed by atoms with Crippen LogP contribution in [0.25, 0.3) is 0 Å². The highest BCUT2D eigenvalue weighted by Gasteiger charge is 2.45. The molecule has 2 bridgehead atoms. The van der Waals surface area contributed by atoms with Gasteiger partial charge in [0, 0.05) is 66.5 Å². The highest BCUT2D eigenvalue weighted by molar-refractivity contribution is 7.11. The van der Waals surface area contributed by atoms with Crippen LogP contribution in [0.15, 0.2) is 46.0 Å². The summed E-state index contributed by atoms with van der Waals surface area (Å²) >= 11 is 7.81. The van der Waals surface area contributed by atoms with Gasteiger partial charge in [-0.2, -0.15) is 0 Å². The van der Waals surface area contributed by atoms with Gasteiger partial charge in [0.25, 0.3) is 0 Å². The van der Waals surface area contributed by atoms with Crippen LogP contribution in [0.4, 0.5) is 4.39 Å². The second kappa shape index (κ2) is 9.09. The zero-order chi connectivity index (χ0) is 24.0. The van der Waals surface area contributed by atoms with E-state index in [-0.39, 0.29) is 23.0 Å². The predicted molar refractivity (Wildman–Crippen MR) is 126 cm³/mol. The second-order valence-corrected chi connectivity index (χ2v) is 9.84. The van der Waals surface area contributed by atoms with E-state index in [1.165, 1.54) is 30.6 Å². The summed E-state index contributed by atoms with van der Waals surface area (Å²) in [4.78, 5) is 38.2. The number of fused-ring (bicyclic) bond motifs is 2. The topological polar surface area (TPSA) is 87.1 Å². The van der Waals surface area contributed by atoms with Gasteiger partial charge in [-0.05, 0) is 18.6 Å². The van der Waals surface area contributed by atoms with Crippen LogP contribution in [-0.2, 0) is 14.3 Å². The van der Waals surface area contributed by atoms with Gasteiger partial charge in [-0.15, -0.1) is 11.3 Å². The lowest BCUT2D eigenvalue weighted by molar-refractivity contribution is -0.136. The number of hydrogen-bond acceptors (Lipinski definition) is 8. The molecule has 3 aliphatic rings.